The largest absolute Gasteiger partial charge is 0.354 e. The molecular weight excluding hydrogens is 296 g/mol. The van der Waals surface area contributed by atoms with Gasteiger partial charge in [-0.3, -0.25) is 14.5 Å². The maximum absolute atomic E-state index is 11.9. The molecule has 21 heavy (non-hydrogen) atoms. The lowest BCUT2D eigenvalue weighted by molar-refractivity contribution is -0.130. The number of carbonyl (C=O) groups excluding carboxylic acids is 3. The topological polar surface area (TPSA) is 105 Å². The monoisotopic (exact) mass is 320 g/mol. The number of carbonyl (C=O) groups is 3. The molecule has 1 fully saturated rings. The zero-order valence-corrected chi connectivity index (χ0v) is 13.8. The van der Waals surface area contributed by atoms with Gasteiger partial charge < -0.3 is 16.4 Å². The zero-order chi connectivity index (χ0) is 15.6. The molecule has 0 aromatic heterocycles. The van der Waals surface area contributed by atoms with Crippen LogP contribution in [0, 0.1) is 0 Å². The van der Waals surface area contributed by atoms with Crippen LogP contribution in [-0.4, -0.2) is 46.9 Å². The standard InChI is InChI=1S/C13H24N4O3.ClH/c1-12(2,14)8-15-9(18)6-5-7-17-10(19)13(3,4)16-11(17)20;/h5-8,14H2,1-4H3,(H,15,18)(H,16,20);1H. The van der Waals surface area contributed by atoms with E-state index in [0.29, 0.717) is 13.0 Å². The molecule has 7 nitrogen and oxygen atoms in total. The van der Waals surface area contributed by atoms with E-state index in [1.54, 1.807) is 13.8 Å². The second-order valence-electron chi connectivity index (χ2n) is 6.38. The summed E-state index contributed by atoms with van der Waals surface area (Å²) in [6.45, 7) is 7.59. The molecule has 1 aliphatic heterocycles. The number of hydrogen-bond donors (Lipinski definition) is 3. The lowest BCUT2D eigenvalue weighted by Gasteiger charge is -2.19. The molecule has 1 aliphatic rings. The third-order valence-corrected chi connectivity index (χ3v) is 2.97. The summed E-state index contributed by atoms with van der Waals surface area (Å²) < 4.78 is 0. The van der Waals surface area contributed by atoms with Gasteiger partial charge in [0.2, 0.25) is 5.91 Å². The lowest BCUT2D eigenvalue weighted by Crippen LogP contribution is -2.45. The first-order chi connectivity index (χ1) is 9.03. The number of rotatable bonds is 6. The highest BCUT2D eigenvalue weighted by Crippen LogP contribution is 2.16. The number of urea groups is 1. The first-order valence-corrected chi connectivity index (χ1v) is 6.73. The molecule has 4 N–H and O–H groups in total. The number of nitrogens with one attached hydrogen (secondary N) is 2. The second-order valence-corrected chi connectivity index (χ2v) is 6.38. The summed E-state index contributed by atoms with van der Waals surface area (Å²) in [4.78, 5) is 36.2. The average molecular weight is 321 g/mol. The fourth-order valence-electron chi connectivity index (χ4n) is 1.83. The predicted molar refractivity (Wildman–Crippen MR) is 82.1 cm³/mol. The van der Waals surface area contributed by atoms with Crippen molar-refractivity contribution in [3.05, 3.63) is 0 Å². The lowest BCUT2D eigenvalue weighted by atomic mass is 10.1. The zero-order valence-electron chi connectivity index (χ0n) is 13.0. The molecule has 1 rings (SSSR count). The normalized spacial score (nSPS) is 17.3. The van der Waals surface area contributed by atoms with Crippen LogP contribution >= 0.6 is 12.4 Å². The van der Waals surface area contributed by atoms with Crippen molar-refractivity contribution in [2.45, 2.75) is 51.6 Å². The number of amides is 4. The van der Waals surface area contributed by atoms with Crippen molar-refractivity contribution in [2.75, 3.05) is 13.1 Å². The van der Waals surface area contributed by atoms with E-state index in [1.807, 2.05) is 13.8 Å². The average Bonchev–Trinajstić information content (AvgIpc) is 2.47. The molecule has 8 heteroatoms. The van der Waals surface area contributed by atoms with Crippen LogP contribution in [0.4, 0.5) is 4.79 Å². The van der Waals surface area contributed by atoms with Crippen LogP contribution in [0.1, 0.15) is 40.5 Å². The summed E-state index contributed by atoms with van der Waals surface area (Å²) >= 11 is 0. The molecule has 0 unspecified atom stereocenters. The van der Waals surface area contributed by atoms with Crippen LogP contribution < -0.4 is 16.4 Å². The van der Waals surface area contributed by atoms with E-state index in [9.17, 15) is 14.4 Å². The summed E-state index contributed by atoms with van der Waals surface area (Å²) in [7, 11) is 0. The molecule has 0 bridgehead atoms. The third-order valence-electron chi connectivity index (χ3n) is 2.97. The summed E-state index contributed by atoms with van der Waals surface area (Å²) in [5, 5.41) is 5.32. The van der Waals surface area contributed by atoms with E-state index in [4.69, 9.17) is 5.73 Å². The first kappa shape index (κ1) is 19.7. The molecule has 0 radical (unpaired) electrons. The van der Waals surface area contributed by atoms with E-state index < -0.39 is 17.1 Å². The maximum Gasteiger partial charge on any atom is 0.325 e. The van der Waals surface area contributed by atoms with E-state index in [0.717, 1.165) is 4.90 Å². The highest BCUT2D eigenvalue weighted by molar-refractivity contribution is 6.06. The van der Waals surface area contributed by atoms with Crippen molar-refractivity contribution < 1.29 is 14.4 Å². The Morgan fingerprint density at radius 2 is 1.95 bits per heavy atom. The van der Waals surface area contributed by atoms with Crippen LogP contribution in [-0.2, 0) is 9.59 Å². The van der Waals surface area contributed by atoms with Gasteiger partial charge in [-0.05, 0) is 34.1 Å². The molecule has 4 amide bonds. The van der Waals surface area contributed by atoms with Crippen LogP contribution in [0.15, 0.2) is 0 Å². The van der Waals surface area contributed by atoms with Gasteiger partial charge in [-0.15, -0.1) is 12.4 Å². The Morgan fingerprint density at radius 1 is 1.38 bits per heavy atom. The van der Waals surface area contributed by atoms with Crippen LogP contribution in [0.3, 0.4) is 0 Å². The quantitative estimate of drug-likeness (QED) is 0.615. The van der Waals surface area contributed by atoms with Crippen molar-refractivity contribution in [3.63, 3.8) is 0 Å². The summed E-state index contributed by atoms with van der Waals surface area (Å²) in [5.41, 5.74) is 4.45. The van der Waals surface area contributed by atoms with Crippen molar-refractivity contribution in [1.82, 2.24) is 15.5 Å². The molecule has 0 spiro atoms. The SMILES string of the molecule is CC(C)(N)CNC(=O)CCCN1C(=O)NC(C)(C)C1=O.Cl. The second kappa shape index (κ2) is 7.09. The predicted octanol–water partition coefficient (Wildman–Crippen LogP) is 0.372. The number of nitrogens with two attached hydrogens (primary N) is 1. The summed E-state index contributed by atoms with van der Waals surface area (Å²) in [6, 6.07) is -0.400. The number of hydrogen-bond acceptors (Lipinski definition) is 4. The molecule has 0 saturated carbocycles. The van der Waals surface area contributed by atoms with Crippen molar-refractivity contribution >= 4 is 30.3 Å². The van der Waals surface area contributed by atoms with Crippen molar-refractivity contribution in [2.24, 2.45) is 5.73 Å². The van der Waals surface area contributed by atoms with Gasteiger partial charge in [0.25, 0.3) is 5.91 Å². The number of halogens is 1. The Labute approximate surface area is 131 Å². The molecule has 1 heterocycles. The summed E-state index contributed by atoms with van der Waals surface area (Å²) in [6.07, 6.45) is 0.694. The van der Waals surface area contributed by atoms with Gasteiger partial charge in [0.1, 0.15) is 5.54 Å². The molecule has 1 saturated heterocycles. The molecule has 122 valence electrons. The molecule has 0 aromatic rings. The van der Waals surface area contributed by atoms with Gasteiger partial charge in [-0.25, -0.2) is 4.79 Å². The van der Waals surface area contributed by atoms with Crippen LogP contribution in [0.25, 0.3) is 0 Å². The minimum atomic E-state index is -0.858. The Kier molecular flexibility index (Phi) is 6.63. The van der Waals surface area contributed by atoms with Gasteiger partial charge in [0.15, 0.2) is 0 Å². The first-order valence-electron chi connectivity index (χ1n) is 6.73. The maximum atomic E-state index is 11.9. The van der Waals surface area contributed by atoms with Gasteiger partial charge >= 0.3 is 6.03 Å². The minimum Gasteiger partial charge on any atom is -0.354 e. The van der Waals surface area contributed by atoms with Gasteiger partial charge in [-0.2, -0.15) is 0 Å². The number of imide groups is 1. The third kappa shape index (κ3) is 5.89. The Morgan fingerprint density at radius 3 is 2.38 bits per heavy atom. The highest BCUT2D eigenvalue weighted by Gasteiger charge is 2.43. The number of nitrogens with zero attached hydrogens (tertiary/aromatic N) is 1. The van der Waals surface area contributed by atoms with Gasteiger partial charge in [0.05, 0.1) is 0 Å². The minimum absolute atomic E-state index is 0. The highest BCUT2D eigenvalue weighted by atomic mass is 35.5. The van der Waals surface area contributed by atoms with Crippen molar-refractivity contribution in [1.29, 1.82) is 0 Å². The van der Waals surface area contributed by atoms with E-state index >= 15 is 0 Å². The Bertz CT molecular complexity index is 418. The molecule has 0 aromatic carbocycles. The molecule has 0 atom stereocenters. The van der Waals surface area contributed by atoms with E-state index in [-0.39, 0.29) is 37.2 Å². The molecule has 0 aliphatic carbocycles. The van der Waals surface area contributed by atoms with Gasteiger partial charge in [0, 0.05) is 25.0 Å². The van der Waals surface area contributed by atoms with E-state index in [1.165, 1.54) is 0 Å². The Hall–Kier alpha value is -1.34. The fraction of sp³-hybridized carbons (Fsp3) is 0.769. The molecular formula is C13H25ClN4O3. The smallest absolute Gasteiger partial charge is 0.325 e. The van der Waals surface area contributed by atoms with E-state index in [2.05, 4.69) is 10.6 Å². The van der Waals surface area contributed by atoms with Crippen molar-refractivity contribution in [3.8, 4) is 0 Å². The fourth-order valence-corrected chi connectivity index (χ4v) is 1.83. The van der Waals surface area contributed by atoms with Crippen LogP contribution in [0.2, 0.25) is 0 Å². The van der Waals surface area contributed by atoms with Crippen LogP contribution in [0.5, 0.6) is 0 Å². The Balaban J connectivity index is 0.00000400. The van der Waals surface area contributed by atoms with Gasteiger partial charge in [-0.1, -0.05) is 0 Å². The summed E-state index contributed by atoms with van der Waals surface area (Å²) in [5.74, 6) is -0.388.